The van der Waals surface area contributed by atoms with E-state index in [4.69, 9.17) is 10.9 Å². The van der Waals surface area contributed by atoms with Crippen molar-refractivity contribution in [1.82, 2.24) is 5.32 Å². The molecule has 0 aliphatic heterocycles. The Morgan fingerprint density at radius 3 is 2.56 bits per heavy atom. The van der Waals surface area contributed by atoms with Crippen LogP contribution in [0.1, 0.15) is 38.3 Å². The van der Waals surface area contributed by atoms with E-state index < -0.39 is 0 Å². The van der Waals surface area contributed by atoms with Crippen LogP contribution in [-0.2, 0) is 0 Å². The molecule has 4 N–H and O–H groups in total. The van der Waals surface area contributed by atoms with Gasteiger partial charge in [0, 0.05) is 18.5 Å². The van der Waals surface area contributed by atoms with Gasteiger partial charge in [-0.1, -0.05) is 24.2 Å². The van der Waals surface area contributed by atoms with Crippen molar-refractivity contribution in [3.63, 3.8) is 0 Å². The highest BCUT2D eigenvalue weighted by molar-refractivity contribution is 5.80. The summed E-state index contributed by atoms with van der Waals surface area (Å²) in [5.74, 6) is -0.0321. The normalized spacial score (nSPS) is 15.4. The molecule has 0 saturated heterocycles. The van der Waals surface area contributed by atoms with Crippen molar-refractivity contribution in [2.75, 3.05) is 0 Å². The number of nitrogens with zero attached hydrogens (tertiary/aromatic N) is 1. The van der Waals surface area contributed by atoms with Crippen LogP contribution >= 0.6 is 0 Å². The van der Waals surface area contributed by atoms with Gasteiger partial charge in [0.15, 0.2) is 0 Å². The van der Waals surface area contributed by atoms with Crippen LogP contribution in [0.15, 0.2) is 29.4 Å². The van der Waals surface area contributed by atoms with Gasteiger partial charge in [0.25, 0.3) is 0 Å². The van der Waals surface area contributed by atoms with Crippen LogP contribution in [0.4, 0.5) is 4.39 Å². The van der Waals surface area contributed by atoms with Gasteiger partial charge in [-0.15, -0.1) is 0 Å². The largest absolute Gasteiger partial charge is 0.409 e. The fraction of sp³-hybridized carbons (Fsp3) is 0.462. The lowest BCUT2D eigenvalue weighted by Gasteiger charge is -2.22. The molecule has 4 nitrogen and oxygen atoms in total. The second-order valence-corrected chi connectivity index (χ2v) is 4.34. The molecule has 2 atom stereocenters. The standard InChI is InChI=1S/C13H20FN3O/c1-3-12(8-13(15)17-18)16-9(2)10-4-6-11(14)7-5-10/h4-7,9,12,16,18H,3,8H2,1-2H3,(H2,15,17)/t9-,12?/m0/s1. The van der Waals surface area contributed by atoms with E-state index in [1.807, 2.05) is 13.8 Å². The number of oxime groups is 1. The highest BCUT2D eigenvalue weighted by Crippen LogP contribution is 2.15. The highest BCUT2D eigenvalue weighted by atomic mass is 19.1. The number of halogens is 1. The monoisotopic (exact) mass is 253 g/mol. The SMILES string of the molecule is CCC(C/C(N)=N/O)N[C@@H](C)c1ccc(F)cc1. The number of amidine groups is 1. The number of hydrogen-bond donors (Lipinski definition) is 3. The summed E-state index contributed by atoms with van der Waals surface area (Å²) in [6.07, 6.45) is 1.35. The van der Waals surface area contributed by atoms with Crippen LogP contribution in [-0.4, -0.2) is 17.1 Å². The van der Waals surface area contributed by atoms with Crippen LogP contribution in [0.25, 0.3) is 0 Å². The minimum absolute atomic E-state index is 0.0852. The third kappa shape index (κ3) is 4.33. The van der Waals surface area contributed by atoms with Gasteiger partial charge in [-0.25, -0.2) is 4.39 Å². The van der Waals surface area contributed by atoms with Crippen molar-refractivity contribution in [1.29, 1.82) is 0 Å². The lowest BCUT2D eigenvalue weighted by Crippen LogP contribution is -2.34. The Morgan fingerprint density at radius 2 is 2.06 bits per heavy atom. The summed E-state index contributed by atoms with van der Waals surface area (Å²) in [5.41, 5.74) is 6.50. The molecule has 0 fully saturated rings. The number of benzene rings is 1. The fourth-order valence-electron chi connectivity index (χ4n) is 1.82. The summed E-state index contributed by atoms with van der Waals surface area (Å²) in [4.78, 5) is 0. The van der Waals surface area contributed by atoms with Gasteiger partial charge in [0.2, 0.25) is 0 Å². The lowest BCUT2D eigenvalue weighted by molar-refractivity contribution is 0.315. The van der Waals surface area contributed by atoms with Crippen molar-refractivity contribution in [3.8, 4) is 0 Å². The zero-order chi connectivity index (χ0) is 13.5. The molecule has 5 heteroatoms. The molecule has 0 heterocycles. The second-order valence-electron chi connectivity index (χ2n) is 4.34. The molecule has 0 aliphatic rings. The first-order valence-corrected chi connectivity index (χ1v) is 6.04. The third-order valence-corrected chi connectivity index (χ3v) is 2.93. The van der Waals surface area contributed by atoms with Crippen LogP contribution < -0.4 is 11.1 Å². The third-order valence-electron chi connectivity index (χ3n) is 2.93. The van der Waals surface area contributed by atoms with Crippen LogP contribution in [0.2, 0.25) is 0 Å². The molecule has 100 valence electrons. The van der Waals surface area contributed by atoms with Gasteiger partial charge >= 0.3 is 0 Å². The van der Waals surface area contributed by atoms with Gasteiger partial charge in [0.05, 0.1) is 0 Å². The zero-order valence-corrected chi connectivity index (χ0v) is 10.7. The molecular formula is C13H20FN3O. The molecule has 0 radical (unpaired) electrons. The summed E-state index contributed by atoms with van der Waals surface area (Å²) < 4.78 is 12.8. The van der Waals surface area contributed by atoms with E-state index in [-0.39, 0.29) is 23.7 Å². The summed E-state index contributed by atoms with van der Waals surface area (Å²) in [5, 5.41) is 14.9. The van der Waals surface area contributed by atoms with E-state index in [0.717, 1.165) is 12.0 Å². The molecular weight excluding hydrogens is 233 g/mol. The minimum Gasteiger partial charge on any atom is -0.409 e. The number of hydrogen-bond acceptors (Lipinski definition) is 3. The molecule has 0 amide bonds. The van der Waals surface area contributed by atoms with E-state index in [1.165, 1.54) is 12.1 Å². The first-order valence-electron chi connectivity index (χ1n) is 6.04. The predicted octanol–water partition coefficient (Wildman–Crippen LogP) is 2.39. The summed E-state index contributed by atoms with van der Waals surface area (Å²) >= 11 is 0. The van der Waals surface area contributed by atoms with Crippen molar-refractivity contribution in [3.05, 3.63) is 35.6 Å². The van der Waals surface area contributed by atoms with E-state index in [2.05, 4.69) is 10.5 Å². The smallest absolute Gasteiger partial charge is 0.140 e. The average Bonchev–Trinajstić information content (AvgIpc) is 2.38. The highest BCUT2D eigenvalue weighted by Gasteiger charge is 2.13. The molecule has 1 aromatic rings. The Labute approximate surface area is 107 Å². The summed E-state index contributed by atoms with van der Waals surface area (Å²) in [7, 11) is 0. The Morgan fingerprint density at radius 1 is 1.44 bits per heavy atom. The summed E-state index contributed by atoms with van der Waals surface area (Å²) in [6.45, 7) is 4.03. The Hall–Kier alpha value is -1.62. The molecule has 18 heavy (non-hydrogen) atoms. The second kappa shape index (κ2) is 6.96. The topological polar surface area (TPSA) is 70.6 Å². The molecule has 1 unspecified atom stereocenters. The van der Waals surface area contributed by atoms with Crippen LogP contribution in [0.5, 0.6) is 0 Å². The average molecular weight is 253 g/mol. The van der Waals surface area contributed by atoms with Crippen molar-refractivity contribution in [2.45, 2.75) is 38.8 Å². The van der Waals surface area contributed by atoms with Gasteiger partial charge in [0.1, 0.15) is 11.7 Å². The van der Waals surface area contributed by atoms with E-state index >= 15 is 0 Å². The first kappa shape index (κ1) is 14.4. The number of rotatable bonds is 6. The van der Waals surface area contributed by atoms with Crippen molar-refractivity contribution in [2.24, 2.45) is 10.9 Å². The fourth-order valence-corrected chi connectivity index (χ4v) is 1.82. The van der Waals surface area contributed by atoms with Crippen molar-refractivity contribution >= 4 is 5.84 Å². The van der Waals surface area contributed by atoms with Gasteiger partial charge < -0.3 is 16.3 Å². The van der Waals surface area contributed by atoms with Gasteiger partial charge in [-0.05, 0) is 31.0 Å². The molecule has 1 rings (SSSR count). The Bertz CT molecular complexity index is 392. The molecule has 1 aromatic carbocycles. The van der Waals surface area contributed by atoms with Crippen molar-refractivity contribution < 1.29 is 9.60 Å². The maximum atomic E-state index is 12.8. The van der Waals surface area contributed by atoms with Crippen LogP contribution in [0, 0.1) is 5.82 Å². The van der Waals surface area contributed by atoms with Gasteiger partial charge in [-0.3, -0.25) is 0 Å². The molecule has 0 bridgehead atoms. The minimum atomic E-state index is -0.241. The maximum Gasteiger partial charge on any atom is 0.140 e. The zero-order valence-electron chi connectivity index (χ0n) is 10.7. The summed E-state index contributed by atoms with van der Waals surface area (Å²) in [6, 6.07) is 6.60. The maximum absolute atomic E-state index is 12.8. The van der Waals surface area contributed by atoms with Crippen LogP contribution in [0.3, 0.4) is 0 Å². The van der Waals surface area contributed by atoms with E-state index in [1.54, 1.807) is 12.1 Å². The molecule has 0 aromatic heterocycles. The molecule has 0 aliphatic carbocycles. The first-order chi connectivity index (χ1) is 8.56. The van der Waals surface area contributed by atoms with E-state index in [0.29, 0.717) is 6.42 Å². The Balaban J connectivity index is 2.61. The quantitative estimate of drug-likeness (QED) is 0.315. The number of nitrogens with two attached hydrogens (primary N) is 1. The molecule has 0 spiro atoms. The van der Waals surface area contributed by atoms with Gasteiger partial charge in [-0.2, -0.15) is 0 Å². The Kier molecular flexibility index (Phi) is 5.58. The lowest BCUT2D eigenvalue weighted by atomic mass is 10.0. The number of nitrogens with one attached hydrogen (secondary N) is 1. The molecule has 0 saturated carbocycles. The predicted molar refractivity (Wildman–Crippen MR) is 70.1 cm³/mol. The van der Waals surface area contributed by atoms with E-state index in [9.17, 15) is 4.39 Å².